The van der Waals surface area contributed by atoms with Crippen LogP contribution in [0.3, 0.4) is 0 Å². The molecule has 2 aromatic heterocycles. The van der Waals surface area contributed by atoms with E-state index >= 15 is 0 Å². The maximum Gasteiger partial charge on any atom is 0.253 e. The minimum atomic E-state index is 0.0544. The van der Waals surface area contributed by atoms with Gasteiger partial charge in [0.25, 0.3) is 5.91 Å². The van der Waals surface area contributed by atoms with Crippen molar-refractivity contribution in [1.29, 1.82) is 0 Å². The molecule has 8 heteroatoms. The van der Waals surface area contributed by atoms with Gasteiger partial charge in [0, 0.05) is 36.8 Å². The van der Waals surface area contributed by atoms with Gasteiger partial charge in [-0.3, -0.25) is 4.79 Å². The number of thiazole rings is 1. The van der Waals surface area contributed by atoms with E-state index in [-0.39, 0.29) is 5.91 Å². The second-order valence-corrected chi connectivity index (χ2v) is 9.54. The fourth-order valence-electron chi connectivity index (χ4n) is 4.08. The van der Waals surface area contributed by atoms with E-state index < -0.39 is 0 Å². The summed E-state index contributed by atoms with van der Waals surface area (Å²) < 4.78 is 3.05. The van der Waals surface area contributed by atoms with Crippen LogP contribution in [0.25, 0.3) is 16.0 Å². The Morgan fingerprint density at radius 2 is 1.84 bits per heavy atom. The lowest BCUT2D eigenvalue weighted by atomic mass is 10.2. The molecule has 164 valence electrons. The van der Waals surface area contributed by atoms with E-state index in [1.54, 1.807) is 35.6 Å². The smallest absolute Gasteiger partial charge is 0.253 e. The maximum atomic E-state index is 12.9. The third-order valence-corrected chi connectivity index (χ3v) is 7.23. The largest absolute Gasteiger partial charge is 0.346 e. The third kappa shape index (κ3) is 3.98. The van der Waals surface area contributed by atoms with E-state index in [2.05, 4.69) is 30.0 Å². The lowest BCUT2D eigenvalue weighted by molar-refractivity contribution is 0.0767. The minimum absolute atomic E-state index is 0.0544. The van der Waals surface area contributed by atoms with Crippen LogP contribution in [0.5, 0.6) is 0 Å². The van der Waals surface area contributed by atoms with E-state index in [1.165, 1.54) is 5.56 Å². The Hall–Kier alpha value is -2.90. The number of hydrogen-bond acceptors (Lipinski definition) is 5. The molecule has 0 atom stereocenters. The zero-order chi connectivity index (χ0) is 22.2. The van der Waals surface area contributed by atoms with E-state index in [0.717, 1.165) is 52.9 Å². The van der Waals surface area contributed by atoms with Crippen LogP contribution in [0.2, 0.25) is 5.02 Å². The normalized spacial score (nSPS) is 14.7. The van der Waals surface area contributed by atoms with Crippen LogP contribution in [-0.2, 0) is 0 Å². The van der Waals surface area contributed by atoms with Crippen LogP contribution in [0.1, 0.15) is 28.0 Å². The van der Waals surface area contributed by atoms with Gasteiger partial charge in [-0.25, -0.2) is 4.68 Å². The van der Waals surface area contributed by atoms with Crippen LogP contribution >= 0.6 is 22.9 Å². The van der Waals surface area contributed by atoms with Crippen LogP contribution in [0.15, 0.2) is 48.5 Å². The average Bonchev–Trinajstić information content (AvgIpc) is 3.25. The number of carbonyl (C=O) groups excluding carboxylic acids is 1. The van der Waals surface area contributed by atoms with Gasteiger partial charge < -0.3 is 9.80 Å². The number of benzene rings is 2. The number of fused-ring (bicyclic) bond motifs is 1. The van der Waals surface area contributed by atoms with Crippen molar-refractivity contribution < 1.29 is 4.79 Å². The van der Waals surface area contributed by atoms with Crippen molar-refractivity contribution in [2.24, 2.45) is 0 Å². The minimum Gasteiger partial charge on any atom is -0.346 e. The molecule has 1 aliphatic heterocycles. The molecular formula is C24H24ClN5OS. The van der Waals surface area contributed by atoms with Gasteiger partial charge in [-0.1, -0.05) is 35.1 Å². The number of anilines is 1. The highest BCUT2D eigenvalue weighted by Gasteiger charge is 2.24. The molecule has 5 rings (SSSR count). The average molecular weight is 466 g/mol. The summed E-state index contributed by atoms with van der Waals surface area (Å²) in [5.41, 5.74) is 4.77. The highest BCUT2D eigenvalue weighted by Crippen LogP contribution is 2.33. The number of amides is 1. The maximum absolute atomic E-state index is 12.9. The van der Waals surface area contributed by atoms with Crippen LogP contribution in [-0.4, -0.2) is 51.8 Å². The van der Waals surface area contributed by atoms with Gasteiger partial charge in [-0.2, -0.15) is 10.1 Å². The fraction of sp³-hybridized carbons (Fsp3) is 0.292. The summed E-state index contributed by atoms with van der Waals surface area (Å²) in [4.78, 5) is 22.1. The van der Waals surface area contributed by atoms with Gasteiger partial charge in [0.05, 0.1) is 16.1 Å². The molecule has 0 radical (unpaired) electrons. The Kier molecular flexibility index (Phi) is 5.61. The Bertz CT molecular complexity index is 1280. The number of rotatable bonds is 3. The van der Waals surface area contributed by atoms with Crippen molar-refractivity contribution in [3.8, 4) is 5.69 Å². The topological polar surface area (TPSA) is 54.3 Å². The predicted molar refractivity (Wildman–Crippen MR) is 130 cm³/mol. The van der Waals surface area contributed by atoms with E-state index in [9.17, 15) is 4.79 Å². The van der Waals surface area contributed by atoms with Crippen molar-refractivity contribution in [3.63, 3.8) is 0 Å². The monoisotopic (exact) mass is 465 g/mol. The number of carbonyl (C=O) groups is 1. The SMILES string of the molecule is Cc1cccc(-n2nc(C)c3sc(N4CCCN(C(=O)c5ccc(Cl)cc5)CC4)nc32)c1. The number of halogens is 1. The Morgan fingerprint density at radius 1 is 1.03 bits per heavy atom. The Labute approximate surface area is 196 Å². The molecule has 1 aliphatic rings. The molecule has 1 saturated heterocycles. The lowest BCUT2D eigenvalue weighted by Crippen LogP contribution is -2.35. The molecule has 3 heterocycles. The fourth-order valence-corrected chi connectivity index (χ4v) is 5.25. The summed E-state index contributed by atoms with van der Waals surface area (Å²) in [7, 11) is 0. The molecular weight excluding hydrogens is 442 g/mol. The van der Waals surface area contributed by atoms with E-state index in [4.69, 9.17) is 21.7 Å². The molecule has 1 amide bonds. The molecule has 2 aromatic carbocycles. The number of hydrogen-bond donors (Lipinski definition) is 0. The molecule has 0 aliphatic carbocycles. The van der Waals surface area contributed by atoms with Gasteiger partial charge in [0.1, 0.15) is 0 Å². The molecule has 0 spiro atoms. The van der Waals surface area contributed by atoms with E-state index in [1.807, 2.05) is 22.6 Å². The number of nitrogens with zero attached hydrogens (tertiary/aromatic N) is 5. The van der Waals surface area contributed by atoms with Gasteiger partial charge >= 0.3 is 0 Å². The highest BCUT2D eigenvalue weighted by molar-refractivity contribution is 7.22. The molecule has 4 aromatic rings. The van der Waals surface area contributed by atoms with Gasteiger partial charge in [0.15, 0.2) is 10.8 Å². The molecule has 0 saturated carbocycles. The van der Waals surface area contributed by atoms with Gasteiger partial charge in [-0.15, -0.1) is 0 Å². The van der Waals surface area contributed by atoms with Crippen LogP contribution in [0.4, 0.5) is 5.13 Å². The van der Waals surface area contributed by atoms with Gasteiger partial charge in [-0.05, 0) is 62.2 Å². The summed E-state index contributed by atoms with van der Waals surface area (Å²) in [6, 6.07) is 15.4. The molecule has 32 heavy (non-hydrogen) atoms. The third-order valence-electron chi connectivity index (χ3n) is 5.77. The van der Waals surface area contributed by atoms with Crippen molar-refractivity contribution >= 4 is 44.3 Å². The zero-order valence-corrected chi connectivity index (χ0v) is 19.7. The summed E-state index contributed by atoms with van der Waals surface area (Å²) >= 11 is 7.65. The zero-order valence-electron chi connectivity index (χ0n) is 18.1. The van der Waals surface area contributed by atoms with Crippen molar-refractivity contribution in [2.75, 3.05) is 31.1 Å². The predicted octanol–water partition coefficient (Wildman–Crippen LogP) is 5.10. The molecule has 0 N–H and O–H groups in total. The highest BCUT2D eigenvalue weighted by atomic mass is 35.5. The lowest BCUT2D eigenvalue weighted by Gasteiger charge is -2.21. The summed E-state index contributed by atoms with van der Waals surface area (Å²) in [6.45, 7) is 7.15. The van der Waals surface area contributed by atoms with E-state index in [0.29, 0.717) is 17.1 Å². The summed E-state index contributed by atoms with van der Waals surface area (Å²) in [6.07, 6.45) is 0.901. The first kappa shape index (κ1) is 21.0. The van der Waals surface area contributed by atoms with Crippen molar-refractivity contribution in [1.82, 2.24) is 19.7 Å². The number of aryl methyl sites for hydroxylation is 2. The molecule has 0 bridgehead atoms. The molecule has 0 unspecified atom stereocenters. The second-order valence-electron chi connectivity index (χ2n) is 8.13. The summed E-state index contributed by atoms with van der Waals surface area (Å²) in [5.74, 6) is 0.0544. The Balaban J connectivity index is 1.37. The quantitative estimate of drug-likeness (QED) is 0.422. The van der Waals surface area contributed by atoms with Crippen LogP contribution in [0, 0.1) is 13.8 Å². The summed E-state index contributed by atoms with van der Waals surface area (Å²) in [5, 5.41) is 6.35. The first-order chi connectivity index (χ1) is 15.5. The molecule has 6 nitrogen and oxygen atoms in total. The second kappa shape index (κ2) is 8.56. The van der Waals surface area contributed by atoms with Gasteiger partial charge in [0.2, 0.25) is 0 Å². The first-order valence-electron chi connectivity index (χ1n) is 10.7. The molecule has 1 fully saturated rings. The van der Waals surface area contributed by atoms with Crippen molar-refractivity contribution in [3.05, 3.63) is 70.4 Å². The standard InChI is InChI=1S/C24H24ClN5OS/c1-16-5-3-6-20(15-16)30-22-21(17(2)27-30)32-24(26-22)29-12-4-11-28(13-14-29)23(31)18-7-9-19(25)10-8-18/h3,5-10,15H,4,11-14H2,1-2H3. The Morgan fingerprint density at radius 3 is 2.62 bits per heavy atom. The van der Waals surface area contributed by atoms with Crippen LogP contribution < -0.4 is 4.90 Å². The number of aromatic nitrogens is 3. The first-order valence-corrected chi connectivity index (χ1v) is 11.9. The van der Waals surface area contributed by atoms with Crippen molar-refractivity contribution in [2.45, 2.75) is 20.3 Å².